The second-order valence-electron chi connectivity index (χ2n) is 8.39. The summed E-state index contributed by atoms with van der Waals surface area (Å²) in [5, 5.41) is 6.94. The van der Waals surface area contributed by atoms with Crippen molar-refractivity contribution in [2.75, 3.05) is 40.9 Å². The Morgan fingerprint density at radius 2 is 1.94 bits per heavy atom. The van der Waals surface area contributed by atoms with Gasteiger partial charge in [0, 0.05) is 31.5 Å². The van der Waals surface area contributed by atoms with E-state index in [1.807, 2.05) is 6.07 Å². The van der Waals surface area contributed by atoms with E-state index in [0.29, 0.717) is 10.8 Å². The van der Waals surface area contributed by atoms with Crippen molar-refractivity contribution in [3.63, 3.8) is 0 Å². The third-order valence-electron chi connectivity index (χ3n) is 5.73. The third-order valence-corrected chi connectivity index (χ3v) is 7.15. The first-order valence-electron chi connectivity index (χ1n) is 10.6. The largest absolute Gasteiger partial charge is 0.371 e. The minimum Gasteiger partial charge on any atom is -0.371 e. The Bertz CT molecular complexity index is 1010. The predicted molar refractivity (Wildman–Crippen MR) is 135 cm³/mol. The number of hydrogen-bond acceptors (Lipinski definition) is 4. The highest BCUT2D eigenvalue weighted by Crippen LogP contribution is 2.25. The molecule has 1 heterocycles. The topological polar surface area (TPSA) is 64.7 Å². The van der Waals surface area contributed by atoms with Crippen LogP contribution in [0.3, 0.4) is 0 Å². The molecule has 2 atom stereocenters. The van der Waals surface area contributed by atoms with Crippen LogP contribution >= 0.6 is 12.2 Å². The summed E-state index contributed by atoms with van der Waals surface area (Å²) in [7, 11) is -1.79. The molecule has 168 valence electrons. The number of rotatable bonds is 6. The van der Waals surface area contributed by atoms with Crippen molar-refractivity contribution in [3.05, 3.63) is 54.1 Å². The standard InChI is InChI=1S/C23H32N4O2S2/c1-17-7-6-14-27(16-17)21-12-10-19(11-13-21)18(2)24-23(30)25-20-8-5-9-22(15-20)26(3)31(4,28)29/h5,8-13,15,17-18H,6-7,14,16H2,1-4H3,(H2,24,25,30). The molecule has 8 heteroatoms. The van der Waals surface area contributed by atoms with Crippen LogP contribution in [0.2, 0.25) is 0 Å². The highest BCUT2D eigenvalue weighted by atomic mass is 32.2. The van der Waals surface area contributed by atoms with E-state index in [-0.39, 0.29) is 6.04 Å². The summed E-state index contributed by atoms with van der Waals surface area (Å²) in [6.45, 7) is 6.63. The maximum absolute atomic E-state index is 11.8. The van der Waals surface area contributed by atoms with Gasteiger partial charge in [0.05, 0.1) is 18.0 Å². The lowest BCUT2D eigenvalue weighted by Gasteiger charge is -2.33. The van der Waals surface area contributed by atoms with Crippen LogP contribution < -0.4 is 19.8 Å². The number of sulfonamides is 1. The molecule has 0 saturated carbocycles. The highest BCUT2D eigenvalue weighted by Gasteiger charge is 2.17. The Labute approximate surface area is 191 Å². The Morgan fingerprint density at radius 3 is 2.58 bits per heavy atom. The van der Waals surface area contributed by atoms with E-state index in [4.69, 9.17) is 12.2 Å². The molecule has 0 bridgehead atoms. The lowest BCUT2D eigenvalue weighted by atomic mass is 9.99. The first-order chi connectivity index (χ1) is 14.6. The van der Waals surface area contributed by atoms with Crippen molar-refractivity contribution in [1.82, 2.24) is 5.32 Å². The molecule has 0 amide bonds. The lowest BCUT2D eigenvalue weighted by molar-refractivity contribution is 0.447. The Kier molecular flexibility index (Phi) is 7.43. The van der Waals surface area contributed by atoms with Crippen molar-refractivity contribution in [2.45, 2.75) is 32.7 Å². The zero-order chi connectivity index (χ0) is 22.6. The van der Waals surface area contributed by atoms with Gasteiger partial charge in [-0.1, -0.05) is 25.1 Å². The summed E-state index contributed by atoms with van der Waals surface area (Å²) in [5.41, 5.74) is 3.73. The minimum absolute atomic E-state index is 0.0382. The summed E-state index contributed by atoms with van der Waals surface area (Å²) in [6.07, 6.45) is 3.74. The minimum atomic E-state index is -3.32. The van der Waals surface area contributed by atoms with E-state index < -0.39 is 10.0 Å². The third kappa shape index (κ3) is 6.33. The van der Waals surface area contributed by atoms with Gasteiger partial charge in [-0.15, -0.1) is 0 Å². The van der Waals surface area contributed by atoms with Crippen LogP contribution in [0.15, 0.2) is 48.5 Å². The van der Waals surface area contributed by atoms with Gasteiger partial charge in [-0.2, -0.15) is 0 Å². The van der Waals surface area contributed by atoms with Crippen LogP contribution in [-0.4, -0.2) is 39.9 Å². The Balaban J connectivity index is 1.59. The molecule has 2 N–H and O–H groups in total. The summed E-state index contributed by atoms with van der Waals surface area (Å²) in [4.78, 5) is 2.46. The van der Waals surface area contributed by atoms with Gasteiger partial charge in [0.2, 0.25) is 10.0 Å². The quantitative estimate of drug-likeness (QED) is 0.624. The monoisotopic (exact) mass is 460 g/mol. The number of hydrogen-bond donors (Lipinski definition) is 2. The summed E-state index contributed by atoms with van der Waals surface area (Å²) in [6, 6.07) is 15.9. The van der Waals surface area contributed by atoms with Gasteiger partial charge in [0.15, 0.2) is 5.11 Å². The summed E-state index contributed by atoms with van der Waals surface area (Å²) >= 11 is 5.47. The van der Waals surface area contributed by atoms with Crippen molar-refractivity contribution in [1.29, 1.82) is 0 Å². The number of anilines is 3. The van der Waals surface area contributed by atoms with Gasteiger partial charge in [0.1, 0.15) is 0 Å². The lowest BCUT2D eigenvalue weighted by Crippen LogP contribution is -2.34. The van der Waals surface area contributed by atoms with E-state index in [1.165, 1.54) is 36.1 Å². The van der Waals surface area contributed by atoms with Crippen molar-refractivity contribution >= 4 is 44.4 Å². The maximum Gasteiger partial charge on any atom is 0.231 e. The Hall–Kier alpha value is -2.32. The molecule has 1 aliphatic rings. The van der Waals surface area contributed by atoms with Crippen LogP contribution in [0.1, 0.15) is 38.3 Å². The van der Waals surface area contributed by atoms with E-state index in [2.05, 4.69) is 53.6 Å². The average molecular weight is 461 g/mol. The number of piperidine rings is 1. The fourth-order valence-corrected chi connectivity index (χ4v) is 4.61. The van der Waals surface area contributed by atoms with Crippen LogP contribution in [0.5, 0.6) is 0 Å². The summed E-state index contributed by atoms with van der Waals surface area (Å²) in [5.74, 6) is 0.744. The van der Waals surface area contributed by atoms with Crippen LogP contribution in [0.25, 0.3) is 0 Å². The average Bonchev–Trinajstić information content (AvgIpc) is 2.72. The van der Waals surface area contributed by atoms with E-state index in [1.54, 1.807) is 18.2 Å². The second-order valence-corrected chi connectivity index (χ2v) is 10.8. The first-order valence-corrected chi connectivity index (χ1v) is 12.9. The number of benzene rings is 2. The molecule has 0 radical (unpaired) electrons. The van der Waals surface area contributed by atoms with Gasteiger partial charge < -0.3 is 15.5 Å². The van der Waals surface area contributed by atoms with Gasteiger partial charge in [-0.05, 0) is 73.8 Å². The van der Waals surface area contributed by atoms with Crippen LogP contribution in [0.4, 0.5) is 17.1 Å². The number of thiocarbonyl (C=S) groups is 1. The fourth-order valence-electron chi connectivity index (χ4n) is 3.82. The SMILES string of the molecule is CC1CCCN(c2ccc(C(C)NC(=S)Nc3cccc(N(C)S(C)(=O)=O)c3)cc2)C1. The molecule has 31 heavy (non-hydrogen) atoms. The fraction of sp³-hybridized carbons (Fsp3) is 0.435. The molecule has 2 aromatic carbocycles. The second kappa shape index (κ2) is 9.87. The molecular formula is C23H32N4O2S2. The zero-order valence-corrected chi connectivity index (χ0v) is 20.3. The van der Waals surface area contributed by atoms with Crippen molar-refractivity contribution < 1.29 is 8.42 Å². The maximum atomic E-state index is 11.8. The molecule has 2 aromatic rings. The van der Waals surface area contributed by atoms with Gasteiger partial charge in [0.25, 0.3) is 0 Å². The highest BCUT2D eigenvalue weighted by molar-refractivity contribution is 7.92. The smallest absolute Gasteiger partial charge is 0.231 e. The molecule has 1 fully saturated rings. The number of nitrogens with zero attached hydrogens (tertiary/aromatic N) is 2. The molecule has 0 aliphatic carbocycles. The normalized spacial score (nSPS) is 17.7. The molecule has 1 saturated heterocycles. The van der Waals surface area contributed by atoms with Gasteiger partial charge >= 0.3 is 0 Å². The number of nitrogens with one attached hydrogen (secondary N) is 2. The Morgan fingerprint density at radius 1 is 1.23 bits per heavy atom. The molecule has 6 nitrogen and oxygen atoms in total. The summed E-state index contributed by atoms with van der Waals surface area (Å²) < 4.78 is 24.8. The van der Waals surface area contributed by atoms with Crippen LogP contribution in [0, 0.1) is 5.92 Å². The van der Waals surface area contributed by atoms with Crippen molar-refractivity contribution in [3.8, 4) is 0 Å². The molecule has 3 rings (SSSR count). The molecule has 0 aromatic heterocycles. The van der Waals surface area contributed by atoms with Crippen molar-refractivity contribution in [2.24, 2.45) is 5.92 Å². The van der Waals surface area contributed by atoms with E-state index in [0.717, 1.165) is 30.3 Å². The van der Waals surface area contributed by atoms with E-state index >= 15 is 0 Å². The molecule has 1 aliphatic heterocycles. The van der Waals surface area contributed by atoms with Crippen LogP contribution in [-0.2, 0) is 10.0 Å². The molecule has 0 spiro atoms. The van der Waals surface area contributed by atoms with Gasteiger partial charge in [-0.3, -0.25) is 4.31 Å². The van der Waals surface area contributed by atoms with Gasteiger partial charge in [-0.25, -0.2) is 8.42 Å². The molecular weight excluding hydrogens is 428 g/mol. The van der Waals surface area contributed by atoms with E-state index in [9.17, 15) is 8.42 Å². The zero-order valence-electron chi connectivity index (χ0n) is 18.6. The predicted octanol–water partition coefficient (Wildman–Crippen LogP) is 4.37. The first kappa shape index (κ1) is 23.3. The molecule has 2 unspecified atom stereocenters.